The van der Waals surface area contributed by atoms with Crippen molar-refractivity contribution in [3.8, 4) is 11.5 Å². The second kappa shape index (κ2) is 8.37. The lowest BCUT2D eigenvalue weighted by atomic mass is 10.1. The number of carbonyl (C=O) groups excluding carboxylic acids is 1. The molecule has 2 aliphatic rings. The van der Waals surface area contributed by atoms with Crippen LogP contribution in [0.2, 0.25) is 0 Å². The van der Waals surface area contributed by atoms with Gasteiger partial charge in [0.25, 0.3) is 0 Å². The summed E-state index contributed by atoms with van der Waals surface area (Å²) in [7, 11) is 0. The molecule has 2 amide bonds. The average Bonchev–Trinajstić information content (AvgIpc) is 2.74. The Morgan fingerprint density at radius 1 is 1.00 bits per heavy atom. The van der Waals surface area contributed by atoms with Gasteiger partial charge in [0, 0.05) is 32.7 Å². The second-order valence-electron chi connectivity index (χ2n) is 6.89. The van der Waals surface area contributed by atoms with E-state index < -0.39 is 0 Å². The van der Waals surface area contributed by atoms with Crippen LogP contribution in [-0.4, -0.2) is 56.9 Å². The van der Waals surface area contributed by atoms with Crippen LogP contribution in [0.5, 0.6) is 11.5 Å². The number of hydrogen-bond acceptors (Lipinski definition) is 4. The van der Waals surface area contributed by atoms with E-state index in [4.69, 9.17) is 9.47 Å². The van der Waals surface area contributed by atoms with Crippen molar-refractivity contribution in [3.63, 3.8) is 0 Å². The number of rotatable bonds is 4. The number of benzene rings is 2. The quantitative estimate of drug-likeness (QED) is 0.879. The summed E-state index contributed by atoms with van der Waals surface area (Å²) in [5, 5.41) is 2.97. The van der Waals surface area contributed by atoms with Crippen LogP contribution in [0.3, 0.4) is 0 Å². The molecule has 0 bridgehead atoms. The predicted octanol–water partition coefficient (Wildman–Crippen LogP) is 2.67. The summed E-state index contributed by atoms with van der Waals surface area (Å²) in [4.78, 5) is 16.2. The van der Waals surface area contributed by atoms with Gasteiger partial charge >= 0.3 is 6.03 Å². The Kier molecular flexibility index (Phi) is 5.50. The van der Waals surface area contributed by atoms with Gasteiger partial charge in [-0.25, -0.2) is 9.18 Å². The predicted molar refractivity (Wildman–Crippen MR) is 105 cm³/mol. The molecule has 0 radical (unpaired) electrons. The van der Waals surface area contributed by atoms with Crippen molar-refractivity contribution in [1.29, 1.82) is 0 Å². The zero-order chi connectivity index (χ0) is 19.3. The molecular weight excluding hydrogens is 361 g/mol. The molecule has 2 aromatic rings. The first-order chi connectivity index (χ1) is 13.7. The highest BCUT2D eigenvalue weighted by Crippen LogP contribution is 2.30. The van der Waals surface area contributed by atoms with Crippen molar-refractivity contribution in [2.45, 2.75) is 6.42 Å². The van der Waals surface area contributed by atoms with Gasteiger partial charge in [-0.15, -0.1) is 0 Å². The maximum Gasteiger partial charge on any atom is 0.317 e. The van der Waals surface area contributed by atoms with E-state index in [1.165, 1.54) is 6.07 Å². The first kappa shape index (κ1) is 18.4. The lowest BCUT2D eigenvalue weighted by Gasteiger charge is -2.36. The molecule has 0 unspecified atom stereocenters. The number of hydrogen-bond donors (Lipinski definition) is 1. The van der Waals surface area contributed by atoms with Crippen LogP contribution >= 0.6 is 0 Å². The lowest BCUT2D eigenvalue weighted by molar-refractivity contribution is 0.171. The summed E-state index contributed by atoms with van der Waals surface area (Å²) in [6.07, 6.45) is 0.720. The van der Waals surface area contributed by atoms with Gasteiger partial charge < -0.3 is 24.6 Å². The van der Waals surface area contributed by atoms with E-state index in [1.54, 1.807) is 17.0 Å². The van der Waals surface area contributed by atoms with Crippen LogP contribution in [0.1, 0.15) is 5.56 Å². The minimum Gasteiger partial charge on any atom is -0.486 e. The van der Waals surface area contributed by atoms with Crippen LogP contribution in [0.25, 0.3) is 0 Å². The fraction of sp³-hybridized carbons (Fsp3) is 0.381. The molecule has 0 saturated carbocycles. The Morgan fingerprint density at radius 3 is 2.54 bits per heavy atom. The molecule has 0 aromatic heterocycles. The number of amides is 2. The van der Waals surface area contributed by atoms with Crippen molar-refractivity contribution in [2.75, 3.05) is 50.8 Å². The number of para-hydroxylation sites is 1. The summed E-state index contributed by atoms with van der Waals surface area (Å²) in [5.74, 6) is 1.31. The van der Waals surface area contributed by atoms with Gasteiger partial charge in [0.15, 0.2) is 11.5 Å². The molecule has 2 aromatic carbocycles. The monoisotopic (exact) mass is 385 g/mol. The first-order valence-corrected chi connectivity index (χ1v) is 9.61. The highest BCUT2D eigenvalue weighted by molar-refractivity contribution is 5.74. The van der Waals surface area contributed by atoms with E-state index in [9.17, 15) is 9.18 Å². The van der Waals surface area contributed by atoms with Crippen LogP contribution < -0.4 is 19.7 Å². The number of carbonyl (C=O) groups is 1. The average molecular weight is 385 g/mol. The number of fused-ring (bicyclic) bond motifs is 1. The zero-order valence-electron chi connectivity index (χ0n) is 15.7. The summed E-state index contributed by atoms with van der Waals surface area (Å²) >= 11 is 0. The van der Waals surface area contributed by atoms with Crippen LogP contribution in [-0.2, 0) is 6.42 Å². The molecule has 28 heavy (non-hydrogen) atoms. The third-order valence-corrected chi connectivity index (χ3v) is 5.06. The number of urea groups is 1. The topological polar surface area (TPSA) is 54.0 Å². The van der Waals surface area contributed by atoms with Crippen LogP contribution in [0.15, 0.2) is 42.5 Å². The Labute approximate surface area is 163 Å². The molecule has 1 N–H and O–H groups in total. The van der Waals surface area contributed by atoms with E-state index in [1.807, 2.05) is 29.2 Å². The molecule has 1 fully saturated rings. The fourth-order valence-corrected chi connectivity index (χ4v) is 3.53. The van der Waals surface area contributed by atoms with Crippen LogP contribution in [0.4, 0.5) is 14.9 Å². The summed E-state index contributed by atoms with van der Waals surface area (Å²) < 4.78 is 25.0. The largest absolute Gasteiger partial charge is 0.486 e. The van der Waals surface area contributed by atoms with Gasteiger partial charge in [-0.2, -0.15) is 0 Å². The van der Waals surface area contributed by atoms with Crippen molar-refractivity contribution < 1.29 is 18.7 Å². The fourth-order valence-electron chi connectivity index (χ4n) is 3.53. The molecule has 1 saturated heterocycles. The molecule has 6 nitrogen and oxygen atoms in total. The van der Waals surface area contributed by atoms with Gasteiger partial charge in [0.2, 0.25) is 0 Å². The molecule has 0 aliphatic carbocycles. The molecule has 148 valence electrons. The Morgan fingerprint density at radius 2 is 1.75 bits per heavy atom. The van der Waals surface area contributed by atoms with Crippen molar-refractivity contribution in [3.05, 3.63) is 53.8 Å². The molecule has 2 aliphatic heterocycles. The van der Waals surface area contributed by atoms with Gasteiger partial charge in [-0.3, -0.25) is 0 Å². The molecule has 2 heterocycles. The van der Waals surface area contributed by atoms with E-state index in [-0.39, 0.29) is 11.8 Å². The Balaban J connectivity index is 1.23. The maximum absolute atomic E-state index is 13.9. The number of anilines is 1. The van der Waals surface area contributed by atoms with Crippen molar-refractivity contribution in [1.82, 2.24) is 10.2 Å². The van der Waals surface area contributed by atoms with E-state index in [2.05, 4.69) is 5.32 Å². The van der Waals surface area contributed by atoms with E-state index in [0.717, 1.165) is 23.5 Å². The normalized spacial score (nSPS) is 16.0. The summed E-state index contributed by atoms with van der Waals surface area (Å²) in [5.41, 5.74) is 1.69. The Hall–Kier alpha value is -2.96. The number of halogens is 1. The molecule has 0 atom stereocenters. The zero-order valence-corrected chi connectivity index (χ0v) is 15.7. The molecule has 4 rings (SSSR count). The van der Waals surface area contributed by atoms with Gasteiger partial charge in [0.1, 0.15) is 19.0 Å². The lowest BCUT2D eigenvalue weighted by Crippen LogP contribution is -2.52. The van der Waals surface area contributed by atoms with E-state index in [0.29, 0.717) is 51.6 Å². The third-order valence-electron chi connectivity index (χ3n) is 5.06. The summed E-state index contributed by atoms with van der Waals surface area (Å²) in [6, 6.07) is 12.5. The smallest absolute Gasteiger partial charge is 0.317 e. The number of nitrogens with one attached hydrogen (secondary N) is 1. The highest BCUT2D eigenvalue weighted by Gasteiger charge is 2.22. The molecule has 7 heteroatoms. The number of ether oxygens (including phenoxy) is 2. The number of nitrogens with zero attached hydrogens (tertiary/aromatic N) is 2. The minimum absolute atomic E-state index is 0.0780. The van der Waals surface area contributed by atoms with Gasteiger partial charge in [0.05, 0.1) is 5.69 Å². The van der Waals surface area contributed by atoms with Crippen molar-refractivity contribution in [2.24, 2.45) is 0 Å². The van der Waals surface area contributed by atoms with Crippen molar-refractivity contribution >= 4 is 11.7 Å². The minimum atomic E-state index is -0.222. The second-order valence-corrected chi connectivity index (χ2v) is 6.89. The van der Waals surface area contributed by atoms with Crippen LogP contribution in [0, 0.1) is 5.82 Å². The molecular formula is C21H24FN3O3. The van der Waals surface area contributed by atoms with Gasteiger partial charge in [-0.1, -0.05) is 18.2 Å². The summed E-state index contributed by atoms with van der Waals surface area (Å²) in [6.45, 7) is 4.08. The third kappa shape index (κ3) is 4.13. The van der Waals surface area contributed by atoms with E-state index >= 15 is 0 Å². The highest BCUT2D eigenvalue weighted by atomic mass is 19.1. The first-order valence-electron chi connectivity index (χ1n) is 9.61. The Bertz CT molecular complexity index is 837. The number of piperazine rings is 1. The molecule has 0 spiro atoms. The van der Waals surface area contributed by atoms with Gasteiger partial charge in [-0.05, 0) is 36.2 Å². The maximum atomic E-state index is 13.9. The standard InChI is InChI=1S/C21H24FN3O3/c22-17-3-1-2-4-18(17)24-9-11-25(12-10-24)21(26)23-8-7-16-5-6-19-20(15-16)28-14-13-27-19/h1-6,15H,7-14H2,(H,23,26). The SMILES string of the molecule is O=C(NCCc1ccc2c(c1)OCCO2)N1CCN(c2ccccc2F)CC1.